The molecule has 0 bridgehead atoms. The second-order valence-electron chi connectivity index (χ2n) is 4.97. The molecule has 3 nitrogen and oxygen atoms in total. The van der Waals surface area contributed by atoms with Crippen molar-refractivity contribution in [2.24, 2.45) is 0 Å². The number of furan rings is 1. The van der Waals surface area contributed by atoms with Crippen LogP contribution in [0.15, 0.2) is 47.1 Å². The molecule has 2 heterocycles. The average molecular weight is 257 g/mol. The van der Waals surface area contributed by atoms with E-state index < -0.39 is 0 Å². The van der Waals surface area contributed by atoms with Crippen molar-refractivity contribution in [3.63, 3.8) is 0 Å². The Morgan fingerprint density at radius 2 is 2.05 bits per heavy atom. The number of rotatable bonds is 5. The molecule has 0 atom stereocenters. The smallest absolute Gasteiger partial charge is 0.124 e. The van der Waals surface area contributed by atoms with Gasteiger partial charge < -0.3 is 9.15 Å². The van der Waals surface area contributed by atoms with Crippen molar-refractivity contribution < 1.29 is 9.15 Å². The third kappa shape index (κ3) is 2.82. The van der Waals surface area contributed by atoms with E-state index in [1.807, 2.05) is 18.2 Å². The summed E-state index contributed by atoms with van der Waals surface area (Å²) in [6.45, 7) is 4.98. The predicted octanol–water partition coefficient (Wildman–Crippen LogP) is 3.11. The quantitative estimate of drug-likeness (QED) is 0.823. The summed E-state index contributed by atoms with van der Waals surface area (Å²) >= 11 is 0. The topological polar surface area (TPSA) is 25.6 Å². The third-order valence-corrected chi connectivity index (χ3v) is 3.53. The van der Waals surface area contributed by atoms with Gasteiger partial charge in [0.2, 0.25) is 0 Å². The lowest BCUT2D eigenvalue weighted by Crippen LogP contribution is -2.53. The molecule has 1 aromatic heterocycles. The summed E-state index contributed by atoms with van der Waals surface area (Å²) in [4.78, 5) is 2.33. The molecule has 2 aromatic rings. The van der Waals surface area contributed by atoms with Crippen molar-refractivity contribution in [1.82, 2.24) is 4.90 Å². The number of hydrogen-bond donors (Lipinski definition) is 0. The van der Waals surface area contributed by atoms with E-state index in [4.69, 9.17) is 9.15 Å². The maximum absolute atomic E-state index is 6.05. The van der Waals surface area contributed by atoms with Crippen molar-refractivity contribution in [3.05, 3.63) is 54.0 Å². The van der Waals surface area contributed by atoms with Gasteiger partial charge in [0.15, 0.2) is 0 Å². The van der Waals surface area contributed by atoms with Crippen LogP contribution in [0.1, 0.15) is 18.2 Å². The molecule has 19 heavy (non-hydrogen) atoms. The maximum atomic E-state index is 6.05. The molecule has 3 rings (SSSR count). The molecule has 0 spiro atoms. The van der Waals surface area contributed by atoms with E-state index in [0.717, 1.165) is 37.6 Å². The third-order valence-electron chi connectivity index (χ3n) is 3.53. The number of ether oxygens (including phenoxy) is 1. The van der Waals surface area contributed by atoms with Gasteiger partial charge in [0.25, 0.3) is 0 Å². The number of hydrogen-bond acceptors (Lipinski definition) is 3. The van der Waals surface area contributed by atoms with Crippen LogP contribution < -0.4 is 4.74 Å². The first kappa shape index (κ1) is 12.3. The van der Waals surface area contributed by atoms with Crippen LogP contribution in [0.4, 0.5) is 0 Å². The molecule has 1 aromatic carbocycles. The summed E-state index contributed by atoms with van der Waals surface area (Å²) in [5.41, 5.74) is 1.28. The Kier molecular flexibility index (Phi) is 3.56. The van der Waals surface area contributed by atoms with Crippen LogP contribution in [0.5, 0.6) is 5.75 Å². The van der Waals surface area contributed by atoms with Crippen LogP contribution >= 0.6 is 0 Å². The number of benzene rings is 1. The Labute approximate surface area is 113 Å². The van der Waals surface area contributed by atoms with Crippen molar-refractivity contribution in [3.8, 4) is 5.75 Å². The Balaban J connectivity index is 1.51. The van der Waals surface area contributed by atoms with Gasteiger partial charge in [-0.3, -0.25) is 4.90 Å². The van der Waals surface area contributed by atoms with Crippen LogP contribution in [0.2, 0.25) is 0 Å². The normalized spacial score (nSPS) is 16.3. The number of aryl methyl sites for hydroxylation is 1. The zero-order valence-corrected chi connectivity index (χ0v) is 11.2. The Morgan fingerprint density at radius 3 is 2.79 bits per heavy atom. The van der Waals surface area contributed by atoms with E-state index in [1.165, 1.54) is 5.56 Å². The molecular weight excluding hydrogens is 238 g/mol. The fraction of sp³-hybridized carbons (Fsp3) is 0.375. The fourth-order valence-corrected chi connectivity index (χ4v) is 2.44. The van der Waals surface area contributed by atoms with Gasteiger partial charge in [0.05, 0.1) is 12.8 Å². The van der Waals surface area contributed by atoms with E-state index in [0.29, 0.717) is 6.10 Å². The molecule has 0 radical (unpaired) electrons. The van der Waals surface area contributed by atoms with Gasteiger partial charge in [0.1, 0.15) is 17.6 Å². The summed E-state index contributed by atoms with van der Waals surface area (Å²) in [5.74, 6) is 2.06. The van der Waals surface area contributed by atoms with Crippen molar-refractivity contribution >= 4 is 0 Å². The summed E-state index contributed by atoms with van der Waals surface area (Å²) in [7, 11) is 0. The first-order valence-corrected chi connectivity index (χ1v) is 6.84. The second kappa shape index (κ2) is 5.49. The van der Waals surface area contributed by atoms with E-state index in [-0.39, 0.29) is 0 Å². The van der Waals surface area contributed by atoms with Gasteiger partial charge in [-0.1, -0.05) is 25.1 Å². The van der Waals surface area contributed by atoms with Crippen LogP contribution in [-0.2, 0) is 13.0 Å². The Hall–Kier alpha value is -1.74. The van der Waals surface area contributed by atoms with E-state index in [1.54, 1.807) is 6.26 Å². The van der Waals surface area contributed by atoms with Gasteiger partial charge >= 0.3 is 0 Å². The van der Waals surface area contributed by atoms with E-state index in [2.05, 4.69) is 30.0 Å². The van der Waals surface area contributed by atoms with E-state index in [9.17, 15) is 0 Å². The molecule has 1 aliphatic heterocycles. The van der Waals surface area contributed by atoms with Crippen LogP contribution in [0.3, 0.4) is 0 Å². The van der Waals surface area contributed by atoms with Gasteiger partial charge in [0, 0.05) is 13.1 Å². The van der Waals surface area contributed by atoms with Gasteiger partial charge in [-0.15, -0.1) is 0 Å². The van der Waals surface area contributed by atoms with E-state index >= 15 is 0 Å². The SMILES string of the molecule is CCc1ccccc1OC1CN(Cc2ccco2)C1. The minimum Gasteiger partial charge on any atom is -0.487 e. The molecule has 0 unspecified atom stereocenters. The molecule has 0 N–H and O–H groups in total. The molecule has 0 amide bonds. The van der Waals surface area contributed by atoms with Gasteiger partial charge in [-0.05, 0) is 30.2 Å². The van der Waals surface area contributed by atoms with Gasteiger partial charge in [-0.25, -0.2) is 0 Å². The minimum absolute atomic E-state index is 0.308. The zero-order valence-electron chi connectivity index (χ0n) is 11.2. The molecule has 0 aliphatic carbocycles. The highest BCUT2D eigenvalue weighted by Crippen LogP contribution is 2.23. The van der Waals surface area contributed by atoms with Crippen LogP contribution in [0.25, 0.3) is 0 Å². The van der Waals surface area contributed by atoms with Crippen LogP contribution in [0, 0.1) is 0 Å². The van der Waals surface area contributed by atoms with Crippen molar-refractivity contribution in [2.75, 3.05) is 13.1 Å². The Bertz CT molecular complexity index is 515. The lowest BCUT2D eigenvalue weighted by molar-refractivity contribution is 0.0102. The molecule has 1 saturated heterocycles. The second-order valence-corrected chi connectivity index (χ2v) is 4.97. The summed E-state index contributed by atoms with van der Waals surface area (Å²) in [5, 5.41) is 0. The lowest BCUT2D eigenvalue weighted by atomic mass is 10.1. The maximum Gasteiger partial charge on any atom is 0.124 e. The highest BCUT2D eigenvalue weighted by molar-refractivity contribution is 5.33. The molecule has 1 aliphatic rings. The Morgan fingerprint density at radius 1 is 1.21 bits per heavy atom. The monoisotopic (exact) mass is 257 g/mol. The van der Waals surface area contributed by atoms with Gasteiger partial charge in [-0.2, -0.15) is 0 Å². The average Bonchev–Trinajstić information content (AvgIpc) is 2.89. The molecular formula is C16H19NO2. The predicted molar refractivity (Wildman–Crippen MR) is 74.2 cm³/mol. The van der Waals surface area contributed by atoms with Crippen molar-refractivity contribution in [1.29, 1.82) is 0 Å². The molecule has 0 saturated carbocycles. The van der Waals surface area contributed by atoms with Crippen LogP contribution in [-0.4, -0.2) is 24.1 Å². The summed E-state index contributed by atoms with van der Waals surface area (Å²) in [6.07, 6.45) is 3.04. The lowest BCUT2D eigenvalue weighted by Gasteiger charge is -2.38. The molecule has 1 fully saturated rings. The van der Waals surface area contributed by atoms with Crippen molar-refractivity contribution in [2.45, 2.75) is 26.0 Å². The molecule has 3 heteroatoms. The highest BCUT2D eigenvalue weighted by atomic mass is 16.5. The first-order valence-electron chi connectivity index (χ1n) is 6.84. The fourth-order valence-electron chi connectivity index (χ4n) is 2.44. The largest absolute Gasteiger partial charge is 0.487 e. The number of nitrogens with zero attached hydrogens (tertiary/aromatic N) is 1. The number of para-hydroxylation sites is 1. The first-order chi connectivity index (χ1) is 9.35. The standard InChI is InChI=1S/C16H19NO2/c1-2-13-6-3-4-8-16(13)19-15-11-17(12-15)10-14-7-5-9-18-14/h3-9,15H,2,10-12H2,1H3. The summed E-state index contributed by atoms with van der Waals surface area (Å²) < 4.78 is 11.4. The molecule has 100 valence electrons. The zero-order chi connectivity index (χ0) is 13.1. The number of likely N-dealkylation sites (tertiary alicyclic amines) is 1. The minimum atomic E-state index is 0.308. The summed E-state index contributed by atoms with van der Waals surface area (Å²) in [6, 6.07) is 12.2. The highest BCUT2D eigenvalue weighted by Gasteiger charge is 2.29.